The summed E-state index contributed by atoms with van der Waals surface area (Å²) >= 11 is 0. The SMILES string of the molecule is Br.PCOCOc1ccccc1. The van der Waals surface area contributed by atoms with Gasteiger partial charge >= 0.3 is 0 Å². The first-order valence-corrected chi connectivity index (χ1v) is 4.21. The van der Waals surface area contributed by atoms with Crippen molar-refractivity contribution in [2.24, 2.45) is 0 Å². The summed E-state index contributed by atoms with van der Waals surface area (Å²) in [7, 11) is 2.46. The highest BCUT2D eigenvalue weighted by molar-refractivity contribution is 8.93. The summed E-state index contributed by atoms with van der Waals surface area (Å²) in [6.45, 7) is 0.313. The lowest BCUT2D eigenvalue weighted by molar-refractivity contribution is 0.0419. The first kappa shape index (κ1) is 11.9. The Morgan fingerprint density at radius 2 is 1.83 bits per heavy atom. The fourth-order valence-electron chi connectivity index (χ4n) is 0.675. The van der Waals surface area contributed by atoms with Crippen LogP contribution in [0.1, 0.15) is 0 Å². The van der Waals surface area contributed by atoms with Crippen LogP contribution in [-0.4, -0.2) is 13.1 Å². The van der Waals surface area contributed by atoms with E-state index in [2.05, 4.69) is 9.24 Å². The van der Waals surface area contributed by atoms with Crippen molar-refractivity contribution in [2.75, 3.05) is 13.1 Å². The van der Waals surface area contributed by atoms with Crippen molar-refractivity contribution < 1.29 is 9.47 Å². The van der Waals surface area contributed by atoms with Crippen LogP contribution < -0.4 is 4.74 Å². The molecule has 0 saturated carbocycles. The van der Waals surface area contributed by atoms with Crippen LogP contribution in [0.2, 0.25) is 0 Å². The van der Waals surface area contributed by atoms with E-state index in [1.54, 1.807) is 0 Å². The van der Waals surface area contributed by atoms with E-state index in [0.717, 1.165) is 5.75 Å². The number of ether oxygens (including phenoxy) is 2. The molecule has 0 aliphatic carbocycles. The van der Waals surface area contributed by atoms with E-state index in [0.29, 0.717) is 13.1 Å². The zero-order chi connectivity index (χ0) is 7.94. The monoisotopic (exact) mass is 250 g/mol. The normalized spacial score (nSPS) is 8.75. The summed E-state index contributed by atoms with van der Waals surface area (Å²) in [4.78, 5) is 0. The first-order valence-electron chi connectivity index (χ1n) is 3.39. The van der Waals surface area contributed by atoms with Gasteiger partial charge in [0.15, 0.2) is 6.79 Å². The third kappa shape index (κ3) is 4.70. The third-order valence-electron chi connectivity index (χ3n) is 1.17. The number of rotatable bonds is 4. The minimum Gasteiger partial charge on any atom is -0.468 e. The number of halogens is 1. The second-order valence-corrected chi connectivity index (χ2v) is 2.28. The van der Waals surface area contributed by atoms with Gasteiger partial charge in [0, 0.05) is 0 Å². The number of hydrogen-bond acceptors (Lipinski definition) is 2. The second-order valence-electron chi connectivity index (χ2n) is 1.95. The molecule has 0 fully saturated rings. The Labute approximate surface area is 85.2 Å². The number of hydrogen-bond donors (Lipinski definition) is 0. The molecule has 0 N–H and O–H groups in total. The van der Waals surface area contributed by atoms with Crippen molar-refractivity contribution in [1.29, 1.82) is 0 Å². The molecule has 1 rings (SSSR count). The van der Waals surface area contributed by atoms with Gasteiger partial charge in [-0.1, -0.05) is 18.2 Å². The predicted molar refractivity (Wildman–Crippen MR) is 57.9 cm³/mol. The molecule has 0 heterocycles. The Kier molecular flexibility index (Phi) is 7.47. The van der Waals surface area contributed by atoms with Gasteiger partial charge in [-0.3, -0.25) is 0 Å². The standard InChI is InChI=1S/C8H11O2P.BrH/c11-7-9-6-10-8-4-2-1-3-5-8;/h1-5H,6-7,11H2;1H. The van der Waals surface area contributed by atoms with Crippen LogP contribution in [0.15, 0.2) is 30.3 Å². The van der Waals surface area contributed by atoms with Crippen LogP contribution in [-0.2, 0) is 4.74 Å². The van der Waals surface area contributed by atoms with Gasteiger partial charge < -0.3 is 9.47 Å². The van der Waals surface area contributed by atoms with Crippen LogP contribution in [0.5, 0.6) is 5.75 Å². The summed E-state index contributed by atoms with van der Waals surface area (Å²) in [6, 6.07) is 9.59. The molecule has 4 heteroatoms. The van der Waals surface area contributed by atoms with E-state index >= 15 is 0 Å². The summed E-state index contributed by atoms with van der Waals surface area (Å²) in [6.07, 6.45) is 0.604. The summed E-state index contributed by atoms with van der Waals surface area (Å²) in [5.74, 6) is 0.839. The summed E-state index contributed by atoms with van der Waals surface area (Å²) in [5, 5.41) is 0. The van der Waals surface area contributed by atoms with Gasteiger partial charge in [0.2, 0.25) is 0 Å². The fraction of sp³-hybridized carbons (Fsp3) is 0.250. The molecule has 68 valence electrons. The molecule has 0 amide bonds. The highest BCUT2D eigenvalue weighted by Crippen LogP contribution is 2.07. The molecule has 0 spiro atoms. The summed E-state index contributed by atoms with van der Waals surface area (Å²) in [5.41, 5.74) is 0. The molecule has 1 aromatic rings. The van der Waals surface area contributed by atoms with Gasteiger partial charge in [-0.25, -0.2) is 0 Å². The van der Waals surface area contributed by atoms with Crippen molar-refractivity contribution in [3.63, 3.8) is 0 Å². The van der Waals surface area contributed by atoms with E-state index in [1.165, 1.54) is 0 Å². The van der Waals surface area contributed by atoms with E-state index in [9.17, 15) is 0 Å². The van der Waals surface area contributed by atoms with Gasteiger partial charge in [0.05, 0.1) is 6.35 Å². The van der Waals surface area contributed by atoms with Gasteiger partial charge in [-0.2, -0.15) is 0 Å². The van der Waals surface area contributed by atoms with E-state index in [4.69, 9.17) is 9.47 Å². The third-order valence-corrected chi connectivity index (χ3v) is 1.41. The Balaban J connectivity index is 0.00000121. The van der Waals surface area contributed by atoms with E-state index in [-0.39, 0.29) is 17.0 Å². The fourth-order valence-corrected chi connectivity index (χ4v) is 0.771. The van der Waals surface area contributed by atoms with E-state index in [1.807, 2.05) is 30.3 Å². The van der Waals surface area contributed by atoms with Crippen LogP contribution in [0.3, 0.4) is 0 Å². The minimum absolute atomic E-state index is 0. The first-order chi connectivity index (χ1) is 5.43. The Morgan fingerprint density at radius 1 is 1.17 bits per heavy atom. The molecule has 0 aliphatic rings. The highest BCUT2D eigenvalue weighted by Gasteiger charge is 1.87. The molecule has 0 aromatic heterocycles. The quantitative estimate of drug-likeness (QED) is 0.465. The molecule has 1 aromatic carbocycles. The maximum Gasteiger partial charge on any atom is 0.189 e. The predicted octanol–water partition coefficient (Wildman–Crippen LogP) is 2.45. The second kappa shape index (κ2) is 7.53. The minimum atomic E-state index is 0. The molecule has 0 bridgehead atoms. The van der Waals surface area contributed by atoms with Gasteiger partial charge in [-0.15, -0.1) is 26.2 Å². The molecule has 12 heavy (non-hydrogen) atoms. The van der Waals surface area contributed by atoms with Crippen molar-refractivity contribution in [3.05, 3.63) is 30.3 Å². The van der Waals surface area contributed by atoms with Crippen LogP contribution in [0.25, 0.3) is 0 Å². The smallest absolute Gasteiger partial charge is 0.189 e. The zero-order valence-electron chi connectivity index (χ0n) is 6.60. The lowest BCUT2D eigenvalue weighted by atomic mass is 10.3. The largest absolute Gasteiger partial charge is 0.468 e. The van der Waals surface area contributed by atoms with Crippen molar-refractivity contribution in [3.8, 4) is 5.75 Å². The van der Waals surface area contributed by atoms with Crippen LogP contribution >= 0.6 is 26.2 Å². The molecule has 1 unspecified atom stereocenters. The summed E-state index contributed by atoms with van der Waals surface area (Å²) < 4.78 is 10.2. The molecule has 1 atom stereocenters. The van der Waals surface area contributed by atoms with Crippen LogP contribution in [0, 0.1) is 0 Å². The number of para-hydroxylation sites is 1. The Bertz CT molecular complexity index is 194. The van der Waals surface area contributed by atoms with Crippen molar-refractivity contribution >= 4 is 26.2 Å². The van der Waals surface area contributed by atoms with Crippen molar-refractivity contribution in [1.82, 2.24) is 0 Å². The zero-order valence-corrected chi connectivity index (χ0v) is 9.47. The van der Waals surface area contributed by atoms with Gasteiger partial charge in [0.1, 0.15) is 5.75 Å². The maximum absolute atomic E-state index is 5.21. The average Bonchev–Trinajstić information content (AvgIpc) is 2.07. The Morgan fingerprint density at radius 3 is 2.42 bits per heavy atom. The molecule has 2 nitrogen and oxygen atoms in total. The van der Waals surface area contributed by atoms with Gasteiger partial charge in [-0.05, 0) is 12.1 Å². The molecule has 0 saturated heterocycles. The van der Waals surface area contributed by atoms with Crippen molar-refractivity contribution in [2.45, 2.75) is 0 Å². The Hall–Kier alpha value is -0.110. The molecule has 0 radical (unpaired) electrons. The number of benzene rings is 1. The van der Waals surface area contributed by atoms with Gasteiger partial charge in [0.25, 0.3) is 0 Å². The topological polar surface area (TPSA) is 18.5 Å². The maximum atomic E-state index is 5.21. The lowest BCUT2D eigenvalue weighted by Crippen LogP contribution is -2.00. The molecular formula is C8H12BrO2P. The lowest BCUT2D eigenvalue weighted by Gasteiger charge is -2.03. The highest BCUT2D eigenvalue weighted by atomic mass is 79.9. The van der Waals surface area contributed by atoms with Crippen LogP contribution in [0.4, 0.5) is 0 Å². The average molecular weight is 251 g/mol. The molecular weight excluding hydrogens is 239 g/mol. The van der Waals surface area contributed by atoms with E-state index < -0.39 is 0 Å². The molecule has 0 aliphatic heterocycles.